The molecule has 4 nitrogen and oxygen atoms in total. The molecular formula is C26H36N2O2. The van der Waals surface area contributed by atoms with E-state index < -0.39 is 6.10 Å². The summed E-state index contributed by atoms with van der Waals surface area (Å²) in [6, 6.07) is 16.5. The van der Waals surface area contributed by atoms with Crippen LogP contribution < -0.4 is 15.0 Å². The van der Waals surface area contributed by atoms with Crippen LogP contribution in [0.2, 0.25) is 0 Å². The highest BCUT2D eigenvalue weighted by Gasteiger charge is 2.21. The minimum Gasteiger partial charge on any atom is -0.481 e. The number of rotatable bonds is 8. The number of hydrogen-bond donors (Lipinski definition) is 1. The van der Waals surface area contributed by atoms with Gasteiger partial charge in [0.2, 0.25) is 0 Å². The van der Waals surface area contributed by atoms with Crippen molar-refractivity contribution in [1.82, 2.24) is 5.32 Å². The molecule has 162 valence electrons. The zero-order valence-corrected chi connectivity index (χ0v) is 18.9. The number of carbonyl (C=O) groups is 1. The Morgan fingerprint density at radius 1 is 1.13 bits per heavy atom. The normalized spacial score (nSPS) is 18.5. The summed E-state index contributed by atoms with van der Waals surface area (Å²) in [6.07, 6.45) is 3.70. The van der Waals surface area contributed by atoms with Crippen molar-refractivity contribution in [3.8, 4) is 5.75 Å². The molecule has 0 bridgehead atoms. The molecule has 0 aromatic heterocycles. The molecule has 1 saturated heterocycles. The predicted octanol–water partition coefficient (Wildman–Crippen LogP) is 5.52. The van der Waals surface area contributed by atoms with Crippen LogP contribution in [0.25, 0.3) is 0 Å². The molecule has 0 radical (unpaired) electrons. The lowest BCUT2D eigenvalue weighted by atomic mass is 9.99. The largest absolute Gasteiger partial charge is 0.481 e. The van der Waals surface area contributed by atoms with Crippen molar-refractivity contribution >= 4 is 11.6 Å². The SMILES string of the molecule is CCc1ccc(O[C@@H](CC)C(=O)N[C@@H](C)c2ccc(N3CCC[C@@H](C)C3)cc2)cc1. The van der Waals surface area contributed by atoms with Crippen LogP contribution in [-0.4, -0.2) is 25.1 Å². The number of nitrogens with zero attached hydrogens (tertiary/aromatic N) is 1. The average molecular weight is 409 g/mol. The van der Waals surface area contributed by atoms with Gasteiger partial charge < -0.3 is 15.0 Å². The summed E-state index contributed by atoms with van der Waals surface area (Å²) in [5.74, 6) is 1.42. The Balaban J connectivity index is 1.57. The molecule has 3 rings (SSSR count). The Hall–Kier alpha value is -2.49. The van der Waals surface area contributed by atoms with Gasteiger partial charge in [-0.1, -0.05) is 45.0 Å². The Morgan fingerprint density at radius 3 is 2.43 bits per heavy atom. The molecule has 3 atom stereocenters. The van der Waals surface area contributed by atoms with Crippen molar-refractivity contribution in [2.75, 3.05) is 18.0 Å². The monoisotopic (exact) mass is 408 g/mol. The highest BCUT2D eigenvalue weighted by molar-refractivity contribution is 5.81. The van der Waals surface area contributed by atoms with Crippen LogP contribution in [0.5, 0.6) is 5.75 Å². The van der Waals surface area contributed by atoms with E-state index in [2.05, 4.69) is 48.3 Å². The molecule has 0 spiro atoms. The highest BCUT2D eigenvalue weighted by atomic mass is 16.5. The molecule has 1 heterocycles. The number of aryl methyl sites for hydroxylation is 1. The maximum absolute atomic E-state index is 12.8. The first kappa shape index (κ1) is 22.2. The standard InChI is InChI=1S/C26H36N2O2/c1-5-21-9-15-24(16-10-21)30-25(6-2)26(29)27-20(4)22-11-13-23(14-12-22)28-17-7-8-19(3)18-28/h9-16,19-20,25H,5-8,17-18H2,1-4H3,(H,27,29)/t19-,20+,25+/m1/s1. The molecule has 2 aromatic carbocycles. The van der Waals surface area contributed by atoms with Gasteiger partial charge in [-0.05, 0) is 73.9 Å². The molecule has 1 aliphatic rings. The zero-order valence-electron chi connectivity index (χ0n) is 18.9. The van der Waals surface area contributed by atoms with Gasteiger partial charge in [0.05, 0.1) is 6.04 Å². The van der Waals surface area contributed by atoms with Gasteiger partial charge in [0, 0.05) is 18.8 Å². The Labute approximate surface area is 181 Å². The summed E-state index contributed by atoms with van der Waals surface area (Å²) in [7, 11) is 0. The first-order chi connectivity index (χ1) is 14.5. The van der Waals surface area contributed by atoms with Crippen molar-refractivity contribution in [3.63, 3.8) is 0 Å². The summed E-state index contributed by atoms with van der Waals surface area (Å²) in [4.78, 5) is 15.3. The van der Waals surface area contributed by atoms with Crippen molar-refractivity contribution in [1.29, 1.82) is 0 Å². The van der Waals surface area contributed by atoms with Crippen molar-refractivity contribution in [2.45, 2.75) is 65.5 Å². The predicted molar refractivity (Wildman–Crippen MR) is 124 cm³/mol. The lowest BCUT2D eigenvalue weighted by Crippen LogP contribution is -2.39. The Morgan fingerprint density at radius 2 is 1.83 bits per heavy atom. The Kier molecular flexibility index (Phi) is 7.78. The summed E-state index contributed by atoms with van der Waals surface area (Å²) in [5, 5.41) is 3.12. The molecule has 1 amide bonds. The van der Waals surface area contributed by atoms with Crippen LogP contribution in [0.1, 0.15) is 64.1 Å². The number of piperidine rings is 1. The smallest absolute Gasteiger partial charge is 0.261 e. The summed E-state index contributed by atoms with van der Waals surface area (Å²) >= 11 is 0. The van der Waals surface area contributed by atoms with Gasteiger partial charge in [-0.3, -0.25) is 4.79 Å². The third-order valence-corrected chi connectivity index (χ3v) is 6.05. The minimum atomic E-state index is -0.492. The van der Waals surface area contributed by atoms with E-state index in [1.165, 1.54) is 24.1 Å². The second kappa shape index (κ2) is 10.5. The van der Waals surface area contributed by atoms with E-state index in [0.717, 1.165) is 36.7 Å². The molecule has 30 heavy (non-hydrogen) atoms. The maximum atomic E-state index is 12.8. The summed E-state index contributed by atoms with van der Waals surface area (Å²) in [5.41, 5.74) is 3.64. The number of amides is 1. The second-order valence-corrected chi connectivity index (χ2v) is 8.53. The molecule has 0 saturated carbocycles. The molecule has 0 unspecified atom stereocenters. The van der Waals surface area contributed by atoms with Gasteiger partial charge >= 0.3 is 0 Å². The Bertz CT molecular complexity index is 801. The molecule has 2 aromatic rings. The van der Waals surface area contributed by atoms with E-state index in [0.29, 0.717) is 6.42 Å². The van der Waals surface area contributed by atoms with Crippen LogP contribution in [-0.2, 0) is 11.2 Å². The number of hydrogen-bond acceptors (Lipinski definition) is 3. The van der Waals surface area contributed by atoms with E-state index in [4.69, 9.17) is 4.74 Å². The molecular weight excluding hydrogens is 372 g/mol. The van der Waals surface area contributed by atoms with Crippen LogP contribution in [0.4, 0.5) is 5.69 Å². The first-order valence-corrected chi connectivity index (χ1v) is 11.4. The maximum Gasteiger partial charge on any atom is 0.261 e. The molecule has 1 fully saturated rings. The number of carbonyl (C=O) groups excluding carboxylic acids is 1. The van der Waals surface area contributed by atoms with Crippen LogP contribution in [0.15, 0.2) is 48.5 Å². The fraction of sp³-hybridized carbons (Fsp3) is 0.500. The van der Waals surface area contributed by atoms with Gasteiger partial charge in [-0.2, -0.15) is 0 Å². The van der Waals surface area contributed by atoms with Gasteiger partial charge in [0.1, 0.15) is 5.75 Å². The number of ether oxygens (including phenoxy) is 1. The van der Waals surface area contributed by atoms with Crippen molar-refractivity contribution < 1.29 is 9.53 Å². The molecule has 1 aliphatic heterocycles. The zero-order chi connectivity index (χ0) is 21.5. The fourth-order valence-corrected chi connectivity index (χ4v) is 4.08. The molecule has 1 N–H and O–H groups in total. The lowest BCUT2D eigenvalue weighted by molar-refractivity contribution is -0.128. The lowest BCUT2D eigenvalue weighted by Gasteiger charge is -2.33. The van der Waals surface area contributed by atoms with Gasteiger partial charge in [-0.25, -0.2) is 0 Å². The van der Waals surface area contributed by atoms with E-state index >= 15 is 0 Å². The first-order valence-electron chi connectivity index (χ1n) is 11.4. The number of anilines is 1. The average Bonchev–Trinajstić information content (AvgIpc) is 2.77. The quantitative estimate of drug-likeness (QED) is 0.625. The third kappa shape index (κ3) is 5.78. The van der Waals surface area contributed by atoms with E-state index in [1.807, 2.05) is 38.1 Å². The van der Waals surface area contributed by atoms with E-state index in [1.54, 1.807) is 0 Å². The van der Waals surface area contributed by atoms with Crippen molar-refractivity contribution in [2.24, 2.45) is 5.92 Å². The molecule has 4 heteroatoms. The highest BCUT2D eigenvalue weighted by Crippen LogP contribution is 2.25. The van der Waals surface area contributed by atoms with E-state index in [-0.39, 0.29) is 11.9 Å². The summed E-state index contributed by atoms with van der Waals surface area (Å²) < 4.78 is 5.95. The topological polar surface area (TPSA) is 41.6 Å². The number of benzene rings is 2. The van der Waals surface area contributed by atoms with Crippen LogP contribution >= 0.6 is 0 Å². The minimum absolute atomic E-state index is 0.0630. The third-order valence-electron chi connectivity index (χ3n) is 6.05. The number of nitrogens with one attached hydrogen (secondary N) is 1. The van der Waals surface area contributed by atoms with Gasteiger partial charge in [-0.15, -0.1) is 0 Å². The van der Waals surface area contributed by atoms with Gasteiger partial charge in [0.25, 0.3) is 5.91 Å². The van der Waals surface area contributed by atoms with Crippen LogP contribution in [0, 0.1) is 5.92 Å². The second-order valence-electron chi connectivity index (χ2n) is 8.53. The van der Waals surface area contributed by atoms with Crippen molar-refractivity contribution in [3.05, 3.63) is 59.7 Å². The van der Waals surface area contributed by atoms with Gasteiger partial charge in [0.15, 0.2) is 6.10 Å². The van der Waals surface area contributed by atoms with Crippen LogP contribution in [0.3, 0.4) is 0 Å². The van der Waals surface area contributed by atoms with E-state index in [9.17, 15) is 4.79 Å². The molecule has 0 aliphatic carbocycles. The fourth-order valence-electron chi connectivity index (χ4n) is 4.08. The summed E-state index contributed by atoms with van der Waals surface area (Å²) in [6.45, 7) is 10.7.